The quantitative estimate of drug-likeness (QED) is 0.621. The summed E-state index contributed by atoms with van der Waals surface area (Å²) in [6, 6.07) is 0. The van der Waals surface area contributed by atoms with Crippen LogP contribution in [0.25, 0.3) is 0 Å². The SMILES string of the molecule is CCNC(=O)CCNCc1c(C)n[nH]c1C. The summed E-state index contributed by atoms with van der Waals surface area (Å²) in [6.07, 6.45) is 0.518. The maximum Gasteiger partial charge on any atom is 0.221 e. The van der Waals surface area contributed by atoms with E-state index in [9.17, 15) is 4.79 Å². The minimum atomic E-state index is 0.0932. The molecule has 0 saturated carbocycles. The Balaban J connectivity index is 2.23. The summed E-state index contributed by atoms with van der Waals surface area (Å²) >= 11 is 0. The molecule has 1 aromatic rings. The van der Waals surface area contributed by atoms with E-state index in [1.807, 2.05) is 20.8 Å². The first-order chi connectivity index (χ1) is 7.65. The molecule has 90 valence electrons. The Morgan fingerprint density at radius 2 is 2.19 bits per heavy atom. The van der Waals surface area contributed by atoms with Crippen LogP contribution in [-0.2, 0) is 11.3 Å². The van der Waals surface area contributed by atoms with E-state index in [1.54, 1.807) is 0 Å². The van der Waals surface area contributed by atoms with Gasteiger partial charge in [-0.05, 0) is 20.8 Å². The summed E-state index contributed by atoms with van der Waals surface area (Å²) < 4.78 is 0. The lowest BCUT2D eigenvalue weighted by atomic mass is 10.2. The van der Waals surface area contributed by atoms with Crippen LogP contribution in [0.1, 0.15) is 30.3 Å². The third-order valence-electron chi connectivity index (χ3n) is 2.49. The van der Waals surface area contributed by atoms with Gasteiger partial charge in [-0.2, -0.15) is 5.10 Å². The fourth-order valence-corrected chi connectivity index (χ4v) is 1.54. The second-order valence-corrected chi connectivity index (χ2v) is 3.79. The largest absolute Gasteiger partial charge is 0.356 e. The molecular formula is C11H20N4O. The first-order valence-corrected chi connectivity index (χ1v) is 5.63. The van der Waals surface area contributed by atoms with E-state index in [2.05, 4.69) is 20.8 Å². The van der Waals surface area contributed by atoms with Crippen molar-refractivity contribution in [2.75, 3.05) is 13.1 Å². The van der Waals surface area contributed by atoms with Crippen molar-refractivity contribution in [3.05, 3.63) is 17.0 Å². The van der Waals surface area contributed by atoms with Gasteiger partial charge < -0.3 is 10.6 Å². The normalized spacial score (nSPS) is 10.4. The lowest BCUT2D eigenvalue weighted by Gasteiger charge is -2.05. The van der Waals surface area contributed by atoms with Crippen molar-refractivity contribution in [1.29, 1.82) is 0 Å². The van der Waals surface area contributed by atoms with Crippen molar-refractivity contribution in [1.82, 2.24) is 20.8 Å². The molecule has 0 aromatic carbocycles. The van der Waals surface area contributed by atoms with Crippen LogP contribution in [0.4, 0.5) is 0 Å². The zero-order chi connectivity index (χ0) is 12.0. The summed E-state index contributed by atoms with van der Waals surface area (Å²) in [6.45, 7) is 8.04. The maximum absolute atomic E-state index is 11.2. The molecular weight excluding hydrogens is 204 g/mol. The van der Waals surface area contributed by atoms with Gasteiger partial charge in [-0.25, -0.2) is 0 Å². The molecule has 1 heterocycles. The monoisotopic (exact) mass is 224 g/mol. The Hall–Kier alpha value is -1.36. The fourth-order valence-electron chi connectivity index (χ4n) is 1.54. The molecule has 0 saturated heterocycles. The predicted molar refractivity (Wildman–Crippen MR) is 63.1 cm³/mol. The number of H-pyrrole nitrogens is 1. The molecule has 1 aromatic heterocycles. The van der Waals surface area contributed by atoms with Crippen LogP contribution in [0.5, 0.6) is 0 Å². The molecule has 0 fully saturated rings. The first-order valence-electron chi connectivity index (χ1n) is 5.63. The molecule has 0 atom stereocenters. The molecule has 1 rings (SSSR count). The molecule has 5 nitrogen and oxygen atoms in total. The number of nitrogens with one attached hydrogen (secondary N) is 3. The van der Waals surface area contributed by atoms with E-state index in [1.165, 1.54) is 5.56 Å². The van der Waals surface area contributed by atoms with E-state index >= 15 is 0 Å². The fraction of sp³-hybridized carbons (Fsp3) is 0.636. The lowest BCUT2D eigenvalue weighted by Crippen LogP contribution is -2.27. The van der Waals surface area contributed by atoms with Gasteiger partial charge in [0, 0.05) is 37.3 Å². The van der Waals surface area contributed by atoms with E-state index in [0.717, 1.165) is 17.9 Å². The number of carbonyl (C=O) groups excluding carboxylic acids is 1. The van der Waals surface area contributed by atoms with Crippen molar-refractivity contribution < 1.29 is 4.79 Å². The molecule has 0 aliphatic rings. The average molecular weight is 224 g/mol. The maximum atomic E-state index is 11.2. The van der Waals surface area contributed by atoms with Gasteiger partial charge in [0.05, 0.1) is 5.69 Å². The average Bonchev–Trinajstić information content (AvgIpc) is 2.55. The number of rotatable bonds is 6. The van der Waals surface area contributed by atoms with Crippen LogP contribution < -0.4 is 10.6 Å². The van der Waals surface area contributed by atoms with E-state index in [0.29, 0.717) is 19.5 Å². The van der Waals surface area contributed by atoms with Crippen LogP contribution in [0.3, 0.4) is 0 Å². The molecule has 5 heteroatoms. The minimum absolute atomic E-state index is 0.0932. The second-order valence-electron chi connectivity index (χ2n) is 3.79. The third kappa shape index (κ3) is 3.66. The van der Waals surface area contributed by atoms with Gasteiger partial charge in [0.2, 0.25) is 5.91 Å². The Labute approximate surface area is 96.0 Å². The van der Waals surface area contributed by atoms with Crippen LogP contribution >= 0.6 is 0 Å². The first kappa shape index (κ1) is 12.7. The van der Waals surface area contributed by atoms with Crippen LogP contribution in [0.2, 0.25) is 0 Å². The number of aryl methyl sites for hydroxylation is 2. The molecule has 0 aliphatic carbocycles. The van der Waals surface area contributed by atoms with Gasteiger partial charge in [0.1, 0.15) is 0 Å². The number of aromatic amines is 1. The predicted octanol–water partition coefficient (Wildman–Crippen LogP) is 0.642. The van der Waals surface area contributed by atoms with Gasteiger partial charge in [-0.1, -0.05) is 0 Å². The molecule has 0 unspecified atom stereocenters. The van der Waals surface area contributed by atoms with E-state index in [4.69, 9.17) is 0 Å². The van der Waals surface area contributed by atoms with E-state index < -0.39 is 0 Å². The second kappa shape index (κ2) is 6.27. The summed E-state index contributed by atoms with van der Waals surface area (Å²) in [4.78, 5) is 11.2. The highest BCUT2D eigenvalue weighted by atomic mass is 16.1. The van der Waals surface area contributed by atoms with Gasteiger partial charge in [0.15, 0.2) is 0 Å². The molecule has 0 aliphatic heterocycles. The van der Waals surface area contributed by atoms with E-state index in [-0.39, 0.29) is 5.91 Å². The number of amides is 1. The third-order valence-corrected chi connectivity index (χ3v) is 2.49. The number of aromatic nitrogens is 2. The summed E-state index contributed by atoms with van der Waals surface area (Å²) in [5.41, 5.74) is 3.29. The molecule has 0 radical (unpaired) electrons. The standard InChI is InChI=1S/C11H20N4O/c1-4-13-11(16)5-6-12-7-10-8(2)14-15-9(10)3/h12H,4-7H2,1-3H3,(H,13,16)(H,14,15). The molecule has 0 spiro atoms. The van der Waals surface area contributed by atoms with Crippen molar-refractivity contribution in [3.8, 4) is 0 Å². The van der Waals surface area contributed by atoms with Crippen molar-refractivity contribution >= 4 is 5.91 Å². The number of hydrogen-bond acceptors (Lipinski definition) is 3. The van der Waals surface area contributed by atoms with Crippen LogP contribution in [-0.4, -0.2) is 29.2 Å². The number of hydrogen-bond donors (Lipinski definition) is 3. The highest BCUT2D eigenvalue weighted by molar-refractivity contribution is 5.75. The molecule has 0 bridgehead atoms. The smallest absolute Gasteiger partial charge is 0.221 e. The molecule has 16 heavy (non-hydrogen) atoms. The highest BCUT2D eigenvalue weighted by Crippen LogP contribution is 2.07. The highest BCUT2D eigenvalue weighted by Gasteiger charge is 2.05. The molecule has 3 N–H and O–H groups in total. The Morgan fingerprint density at radius 3 is 2.75 bits per heavy atom. The minimum Gasteiger partial charge on any atom is -0.356 e. The zero-order valence-electron chi connectivity index (χ0n) is 10.2. The van der Waals surface area contributed by atoms with Crippen molar-refractivity contribution in [2.24, 2.45) is 0 Å². The topological polar surface area (TPSA) is 69.8 Å². The Morgan fingerprint density at radius 1 is 1.44 bits per heavy atom. The number of nitrogens with zero attached hydrogens (tertiary/aromatic N) is 1. The summed E-state index contributed by atoms with van der Waals surface area (Å²) in [5.74, 6) is 0.0932. The van der Waals surface area contributed by atoms with Gasteiger partial charge in [-0.15, -0.1) is 0 Å². The van der Waals surface area contributed by atoms with Gasteiger partial charge in [0.25, 0.3) is 0 Å². The molecule has 1 amide bonds. The summed E-state index contributed by atoms with van der Waals surface area (Å²) in [5, 5.41) is 13.1. The Bertz CT molecular complexity index is 326. The number of carbonyl (C=O) groups is 1. The van der Waals surface area contributed by atoms with Crippen LogP contribution in [0, 0.1) is 13.8 Å². The van der Waals surface area contributed by atoms with Gasteiger partial charge in [-0.3, -0.25) is 9.89 Å². The Kier molecular flexibility index (Phi) is 4.98. The van der Waals surface area contributed by atoms with Crippen molar-refractivity contribution in [3.63, 3.8) is 0 Å². The van der Waals surface area contributed by atoms with Crippen molar-refractivity contribution in [2.45, 2.75) is 33.7 Å². The summed E-state index contributed by atoms with van der Waals surface area (Å²) in [7, 11) is 0. The van der Waals surface area contributed by atoms with Crippen LogP contribution in [0.15, 0.2) is 0 Å². The zero-order valence-corrected chi connectivity index (χ0v) is 10.2. The van der Waals surface area contributed by atoms with Gasteiger partial charge >= 0.3 is 0 Å². The lowest BCUT2D eigenvalue weighted by molar-refractivity contribution is -0.120.